The first kappa shape index (κ1) is 31.1. The predicted molar refractivity (Wildman–Crippen MR) is 172 cm³/mol. The van der Waals surface area contributed by atoms with Gasteiger partial charge in [-0.25, -0.2) is 9.78 Å². The number of methoxy groups -OCH3 is 1. The average Bonchev–Trinajstić information content (AvgIpc) is 3.81. The van der Waals surface area contributed by atoms with E-state index in [2.05, 4.69) is 27.4 Å². The SMILES string of the molecule is COC(=O)[C@H](Cc1ccc(C=O)cc1)NC(=O)c1ccc2c(c1)nc(-c1ccoc1)n2C1CCCCC1.O=C1CSC(=S)N1. The van der Waals surface area contributed by atoms with E-state index in [0.29, 0.717) is 32.8 Å². The lowest BCUT2D eigenvalue weighted by Gasteiger charge is -2.25. The van der Waals surface area contributed by atoms with Crippen LogP contribution in [0.2, 0.25) is 0 Å². The summed E-state index contributed by atoms with van der Waals surface area (Å²) in [4.78, 5) is 51.7. The molecule has 1 aliphatic heterocycles. The van der Waals surface area contributed by atoms with Crippen molar-refractivity contribution in [2.24, 2.45) is 0 Å². The highest BCUT2D eigenvalue weighted by atomic mass is 32.2. The maximum atomic E-state index is 13.2. The van der Waals surface area contributed by atoms with Crippen LogP contribution in [0.15, 0.2) is 65.5 Å². The lowest BCUT2D eigenvalue weighted by atomic mass is 9.95. The number of fused-ring (bicyclic) bond motifs is 1. The van der Waals surface area contributed by atoms with E-state index in [1.165, 1.54) is 38.1 Å². The fourth-order valence-corrected chi connectivity index (χ4v) is 6.22. The zero-order chi connectivity index (χ0) is 31.1. The molecule has 2 aromatic heterocycles. The number of imidazole rings is 1. The topological polar surface area (TPSA) is 133 Å². The van der Waals surface area contributed by atoms with E-state index in [-0.39, 0.29) is 18.2 Å². The third kappa shape index (κ3) is 7.43. The molecule has 6 rings (SSSR count). The van der Waals surface area contributed by atoms with Crippen LogP contribution in [-0.2, 0) is 20.7 Å². The Morgan fingerprint density at radius 3 is 2.55 bits per heavy atom. The lowest BCUT2D eigenvalue weighted by molar-refractivity contribution is -0.142. The van der Waals surface area contributed by atoms with Gasteiger partial charge in [-0.3, -0.25) is 14.4 Å². The summed E-state index contributed by atoms with van der Waals surface area (Å²) < 4.78 is 13.1. The summed E-state index contributed by atoms with van der Waals surface area (Å²) in [5, 5.41) is 5.28. The molecule has 0 radical (unpaired) electrons. The van der Waals surface area contributed by atoms with Crippen LogP contribution in [0.4, 0.5) is 0 Å². The van der Waals surface area contributed by atoms with Crippen LogP contribution in [0.1, 0.15) is 64.4 Å². The fourth-order valence-electron chi connectivity index (χ4n) is 5.41. The van der Waals surface area contributed by atoms with Crippen molar-refractivity contribution in [2.45, 2.75) is 50.6 Å². The Labute approximate surface area is 263 Å². The molecule has 2 aliphatic rings. The van der Waals surface area contributed by atoms with E-state index in [1.54, 1.807) is 48.9 Å². The van der Waals surface area contributed by atoms with Crippen molar-refractivity contribution in [2.75, 3.05) is 12.9 Å². The van der Waals surface area contributed by atoms with Crippen molar-refractivity contribution in [3.05, 3.63) is 77.7 Å². The summed E-state index contributed by atoms with van der Waals surface area (Å²) >= 11 is 6.00. The number of nitrogens with one attached hydrogen (secondary N) is 2. The first-order valence-electron chi connectivity index (χ1n) is 14.3. The van der Waals surface area contributed by atoms with Gasteiger partial charge in [0.25, 0.3) is 5.91 Å². The standard InChI is InChI=1S/C29H29N3O5.C3H3NOS2/c1-36-29(35)25(15-19-7-9-20(17-33)10-8-19)31-28(34)21-11-12-26-24(16-21)30-27(22-13-14-37-18-22)32(26)23-5-3-2-4-6-23;5-2-1-7-3(6)4-2/h7-14,16-18,23,25H,2-6,15H2,1H3,(H,31,34);1H2,(H,4,5,6)/t25-;/m0./s1. The molecule has 4 aromatic rings. The molecule has 1 saturated carbocycles. The van der Waals surface area contributed by atoms with Crippen molar-refractivity contribution in [1.29, 1.82) is 0 Å². The van der Waals surface area contributed by atoms with E-state index in [1.807, 2.05) is 12.1 Å². The summed E-state index contributed by atoms with van der Waals surface area (Å²) in [7, 11) is 1.29. The van der Waals surface area contributed by atoms with Gasteiger partial charge in [-0.1, -0.05) is 67.5 Å². The third-order valence-electron chi connectivity index (χ3n) is 7.59. The molecule has 1 aliphatic carbocycles. The molecule has 2 fully saturated rings. The largest absolute Gasteiger partial charge is 0.472 e. The van der Waals surface area contributed by atoms with Gasteiger partial charge < -0.3 is 24.4 Å². The summed E-state index contributed by atoms with van der Waals surface area (Å²) in [5.74, 6) is 0.421. The molecule has 0 spiro atoms. The molecule has 2 aromatic carbocycles. The molecule has 3 heterocycles. The van der Waals surface area contributed by atoms with Gasteiger partial charge in [0.2, 0.25) is 5.91 Å². The van der Waals surface area contributed by atoms with Crippen molar-refractivity contribution >= 4 is 63.4 Å². The maximum Gasteiger partial charge on any atom is 0.328 e. The molecule has 12 heteroatoms. The summed E-state index contributed by atoms with van der Waals surface area (Å²) in [5.41, 5.74) is 4.34. The molecule has 10 nitrogen and oxygen atoms in total. The number of thiocarbonyl (C=S) groups is 1. The number of ether oxygens (including phenoxy) is 1. The summed E-state index contributed by atoms with van der Waals surface area (Å²) in [6.07, 6.45) is 10.1. The lowest BCUT2D eigenvalue weighted by Crippen LogP contribution is -2.43. The highest BCUT2D eigenvalue weighted by Crippen LogP contribution is 2.36. The first-order valence-corrected chi connectivity index (χ1v) is 15.7. The number of furan rings is 1. The van der Waals surface area contributed by atoms with Gasteiger partial charge in [0.15, 0.2) is 0 Å². The number of hydrogen-bond donors (Lipinski definition) is 2. The van der Waals surface area contributed by atoms with Gasteiger partial charge in [0.1, 0.15) is 28.7 Å². The summed E-state index contributed by atoms with van der Waals surface area (Å²) in [6.45, 7) is 0. The monoisotopic (exact) mass is 632 g/mol. The minimum absolute atomic E-state index is 0.0231. The molecule has 0 unspecified atom stereocenters. The number of rotatable bonds is 8. The van der Waals surface area contributed by atoms with Gasteiger partial charge in [-0.15, -0.1) is 0 Å². The number of benzene rings is 2. The van der Waals surface area contributed by atoms with Gasteiger partial charge in [-0.2, -0.15) is 0 Å². The minimum atomic E-state index is -0.878. The molecule has 44 heavy (non-hydrogen) atoms. The number of aldehydes is 1. The molecular formula is C32H32N4O6S2. The second-order valence-electron chi connectivity index (χ2n) is 10.5. The van der Waals surface area contributed by atoms with Crippen LogP contribution in [-0.4, -0.2) is 56.8 Å². The van der Waals surface area contributed by atoms with E-state index in [0.717, 1.165) is 41.6 Å². The number of carbonyl (C=O) groups excluding carboxylic acids is 4. The number of esters is 1. The van der Waals surface area contributed by atoms with Gasteiger partial charge in [0.05, 0.1) is 35.7 Å². The van der Waals surface area contributed by atoms with E-state index >= 15 is 0 Å². The zero-order valence-electron chi connectivity index (χ0n) is 24.1. The minimum Gasteiger partial charge on any atom is -0.472 e. The number of thioether (sulfide) groups is 1. The smallest absolute Gasteiger partial charge is 0.328 e. The Morgan fingerprint density at radius 1 is 1.18 bits per heavy atom. The van der Waals surface area contributed by atoms with Crippen molar-refractivity contribution in [3.63, 3.8) is 0 Å². The highest BCUT2D eigenvalue weighted by Gasteiger charge is 2.26. The van der Waals surface area contributed by atoms with Gasteiger partial charge in [-0.05, 0) is 42.7 Å². The average molecular weight is 633 g/mol. The van der Waals surface area contributed by atoms with Crippen molar-refractivity contribution in [3.8, 4) is 11.4 Å². The normalized spacial score (nSPS) is 15.7. The Kier molecular flexibility index (Phi) is 10.2. The molecular weight excluding hydrogens is 601 g/mol. The fraction of sp³-hybridized carbons (Fsp3) is 0.312. The van der Waals surface area contributed by atoms with Gasteiger partial charge >= 0.3 is 5.97 Å². The van der Waals surface area contributed by atoms with E-state index in [4.69, 9.17) is 14.1 Å². The highest BCUT2D eigenvalue weighted by molar-refractivity contribution is 8.24. The van der Waals surface area contributed by atoms with Crippen LogP contribution in [0.5, 0.6) is 0 Å². The number of carbonyl (C=O) groups is 4. The second kappa shape index (κ2) is 14.5. The third-order valence-corrected chi connectivity index (χ3v) is 8.82. The second-order valence-corrected chi connectivity index (χ2v) is 12.2. The molecule has 228 valence electrons. The zero-order valence-corrected chi connectivity index (χ0v) is 25.7. The first-order chi connectivity index (χ1) is 21.4. The Bertz CT molecular complexity index is 1650. The Hall–Kier alpha value is -4.29. The molecule has 1 saturated heterocycles. The molecule has 2 N–H and O–H groups in total. The van der Waals surface area contributed by atoms with Crippen molar-refractivity contribution < 1.29 is 28.3 Å². The van der Waals surface area contributed by atoms with Crippen LogP contribution in [0.25, 0.3) is 22.4 Å². The number of hydrogen-bond acceptors (Lipinski definition) is 9. The van der Waals surface area contributed by atoms with Crippen LogP contribution < -0.4 is 10.6 Å². The number of aromatic nitrogens is 2. The number of amides is 2. The molecule has 0 bridgehead atoms. The van der Waals surface area contributed by atoms with Gasteiger partial charge in [0, 0.05) is 23.6 Å². The van der Waals surface area contributed by atoms with E-state index < -0.39 is 12.0 Å². The molecule has 1 atom stereocenters. The van der Waals surface area contributed by atoms with Crippen LogP contribution in [0.3, 0.4) is 0 Å². The van der Waals surface area contributed by atoms with Crippen LogP contribution >= 0.6 is 24.0 Å². The molecule has 2 amide bonds. The Balaban J connectivity index is 0.000000484. The van der Waals surface area contributed by atoms with Crippen LogP contribution in [0, 0.1) is 0 Å². The summed E-state index contributed by atoms with van der Waals surface area (Å²) in [6, 6.07) is 13.7. The Morgan fingerprint density at radius 2 is 1.95 bits per heavy atom. The predicted octanol–water partition coefficient (Wildman–Crippen LogP) is 5.26. The number of nitrogens with zero attached hydrogens (tertiary/aromatic N) is 2. The van der Waals surface area contributed by atoms with Crippen molar-refractivity contribution in [1.82, 2.24) is 20.2 Å². The maximum absolute atomic E-state index is 13.2. The van der Waals surface area contributed by atoms with E-state index in [9.17, 15) is 19.2 Å². The quantitative estimate of drug-likeness (QED) is 0.152.